The van der Waals surface area contributed by atoms with Gasteiger partial charge in [-0.25, -0.2) is 9.82 Å². The Bertz CT molecular complexity index is 629. The molecule has 2 atom stereocenters. The Morgan fingerprint density at radius 2 is 2.10 bits per heavy atom. The average Bonchev–Trinajstić information content (AvgIpc) is 2.92. The Kier molecular flexibility index (Phi) is 3.63. The van der Waals surface area contributed by atoms with Gasteiger partial charge in [-0.1, -0.05) is 18.1 Å². The number of rotatable bonds is 2. The highest BCUT2D eigenvalue weighted by Crippen LogP contribution is 2.30. The van der Waals surface area contributed by atoms with Gasteiger partial charge in [0, 0.05) is 12.4 Å². The normalized spacial score (nSPS) is 23.8. The molecule has 0 aliphatic carbocycles. The maximum absolute atomic E-state index is 13.0. The fraction of sp³-hybridized carbons (Fsp3) is 0.312. The molecule has 0 aromatic heterocycles. The maximum Gasteiger partial charge on any atom is 0.251 e. The number of nitrogens with one attached hydrogen (secondary N) is 1. The second-order valence-electron chi connectivity index (χ2n) is 5.08. The molecule has 1 amide bonds. The van der Waals surface area contributed by atoms with E-state index in [4.69, 9.17) is 0 Å². The first kappa shape index (κ1) is 13.7. The summed E-state index contributed by atoms with van der Waals surface area (Å²) in [4.78, 5) is 14.0. The minimum absolute atomic E-state index is 0.0152. The molecule has 0 bridgehead atoms. The second kappa shape index (κ2) is 5.58. The lowest BCUT2D eigenvalue weighted by atomic mass is 10.0. The predicted octanol–water partition coefficient (Wildman–Crippen LogP) is 1.78. The number of fused-ring (bicyclic) bond motifs is 1. The molecule has 2 aliphatic rings. The molecule has 2 heterocycles. The Labute approximate surface area is 123 Å². The van der Waals surface area contributed by atoms with Gasteiger partial charge in [0.2, 0.25) is 0 Å². The van der Waals surface area contributed by atoms with E-state index in [9.17, 15) is 9.18 Å². The Hall–Kier alpha value is -2.32. The summed E-state index contributed by atoms with van der Waals surface area (Å²) in [6, 6.07) is 6.16. The SMILES string of the molecule is CC#CCN1C=CN2NC(c3ccc(F)cc3)CC2C1=O. The largest absolute Gasteiger partial charge is 0.304 e. The van der Waals surface area contributed by atoms with Gasteiger partial charge in [-0.05, 0) is 31.0 Å². The summed E-state index contributed by atoms with van der Waals surface area (Å²) >= 11 is 0. The highest BCUT2D eigenvalue weighted by molar-refractivity contribution is 5.84. The predicted molar refractivity (Wildman–Crippen MR) is 76.8 cm³/mol. The molecule has 5 heteroatoms. The lowest BCUT2D eigenvalue weighted by Crippen LogP contribution is -2.48. The second-order valence-corrected chi connectivity index (χ2v) is 5.08. The Morgan fingerprint density at radius 3 is 2.81 bits per heavy atom. The van der Waals surface area contributed by atoms with E-state index in [-0.39, 0.29) is 23.8 Å². The molecule has 4 nitrogen and oxygen atoms in total. The van der Waals surface area contributed by atoms with Crippen LogP contribution in [0.1, 0.15) is 24.9 Å². The number of hydrogen-bond donors (Lipinski definition) is 1. The summed E-state index contributed by atoms with van der Waals surface area (Å²) in [5, 5.41) is 1.83. The van der Waals surface area contributed by atoms with E-state index in [1.165, 1.54) is 12.1 Å². The van der Waals surface area contributed by atoms with Crippen LogP contribution in [0.5, 0.6) is 0 Å². The number of hydrazine groups is 1. The lowest BCUT2D eigenvalue weighted by molar-refractivity contribution is -0.133. The number of amides is 1. The zero-order valence-corrected chi connectivity index (χ0v) is 11.7. The van der Waals surface area contributed by atoms with E-state index in [2.05, 4.69) is 17.3 Å². The van der Waals surface area contributed by atoms with Crippen molar-refractivity contribution < 1.29 is 9.18 Å². The molecule has 2 aliphatic heterocycles. The van der Waals surface area contributed by atoms with Crippen molar-refractivity contribution in [2.45, 2.75) is 25.4 Å². The van der Waals surface area contributed by atoms with Crippen molar-refractivity contribution in [1.29, 1.82) is 0 Å². The molecule has 1 saturated heterocycles. The van der Waals surface area contributed by atoms with Crippen molar-refractivity contribution in [3.8, 4) is 11.8 Å². The van der Waals surface area contributed by atoms with Crippen molar-refractivity contribution in [2.24, 2.45) is 0 Å². The van der Waals surface area contributed by atoms with E-state index in [1.807, 2.05) is 11.2 Å². The fourth-order valence-electron chi connectivity index (χ4n) is 2.64. The first-order chi connectivity index (χ1) is 10.2. The Balaban J connectivity index is 1.74. The van der Waals surface area contributed by atoms with Crippen molar-refractivity contribution in [1.82, 2.24) is 15.3 Å². The van der Waals surface area contributed by atoms with E-state index in [0.717, 1.165) is 5.56 Å². The van der Waals surface area contributed by atoms with Crippen LogP contribution < -0.4 is 5.43 Å². The summed E-state index contributed by atoms with van der Waals surface area (Å²) in [7, 11) is 0. The van der Waals surface area contributed by atoms with E-state index < -0.39 is 0 Å². The van der Waals surface area contributed by atoms with E-state index >= 15 is 0 Å². The molecule has 21 heavy (non-hydrogen) atoms. The molecular formula is C16H16FN3O. The van der Waals surface area contributed by atoms with E-state index in [1.54, 1.807) is 30.2 Å². The Morgan fingerprint density at radius 1 is 1.33 bits per heavy atom. The van der Waals surface area contributed by atoms with Crippen LogP contribution in [0.3, 0.4) is 0 Å². The quantitative estimate of drug-likeness (QED) is 0.841. The molecular weight excluding hydrogens is 269 g/mol. The molecule has 1 aromatic rings. The third kappa shape index (κ3) is 2.63. The standard InChI is InChI=1S/C16H16FN3O/c1-2-3-8-19-9-10-20-15(16(19)21)11-14(18-20)12-4-6-13(17)7-5-12/h4-7,9-10,14-15,18H,8,11H2,1H3. The molecule has 0 radical (unpaired) electrons. The van der Waals surface area contributed by atoms with Gasteiger partial charge in [0.15, 0.2) is 0 Å². The molecule has 0 spiro atoms. The molecule has 0 saturated carbocycles. The smallest absolute Gasteiger partial charge is 0.251 e. The minimum atomic E-state index is -0.255. The van der Waals surface area contributed by atoms with Gasteiger partial charge in [0.05, 0.1) is 12.6 Å². The third-order valence-electron chi connectivity index (χ3n) is 3.77. The minimum Gasteiger partial charge on any atom is -0.304 e. The van der Waals surface area contributed by atoms with Crippen LogP contribution in [0, 0.1) is 17.7 Å². The number of carbonyl (C=O) groups excluding carboxylic acids is 1. The van der Waals surface area contributed by atoms with Gasteiger partial charge in [-0.3, -0.25) is 4.79 Å². The molecule has 3 rings (SSSR count). The lowest BCUT2D eigenvalue weighted by Gasteiger charge is -2.30. The number of benzene rings is 1. The summed E-state index contributed by atoms with van der Waals surface area (Å²) in [5.41, 5.74) is 4.25. The first-order valence-corrected chi connectivity index (χ1v) is 6.87. The van der Waals surface area contributed by atoms with E-state index in [0.29, 0.717) is 13.0 Å². The molecule has 1 aromatic carbocycles. The monoisotopic (exact) mass is 285 g/mol. The van der Waals surface area contributed by atoms with Crippen LogP contribution in [0.15, 0.2) is 36.7 Å². The average molecular weight is 285 g/mol. The van der Waals surface area contributed by atoms with Crippen molar-refractivity contribution in [3.63, 3.8) is 0 Å². The van der Waals surface area contributed by atoms with Crippen LogP contribution in [-0.4, -0.2) is 28.4 Å². The highest BCUT2D eigenvalue weighted by atomic mass is 19.1. The van der Waals surface area contributed by atoms with Gasteiger partial charge >= 0.3 is 0 Å². The number of hydrogen-bond acceptors (Lipinski definition) is 3. The van der Waals surface area contributed by atoms with Gasteiger partial charge in [-0.15, -0.1) is 5.92 Å². The fourth-order valence-corrected chi connectivity index (χ4v) is 2.64. The van der Waals surface area contributed by atoms with Crippen LogP contribution in [0.2, 0.25) is 0 Å². The van der Waals surface area contributed by atoms with Crippen LogP contribution in [-0.2, 0) is 4.79 Å². The number of halogens is 1. The van der Waals surface area contributed by atoms with Crippen molar-refractivity contribution in [2.75, 3.05) is 6.54 Å². The maximum atomic E-state index is 13.0. The zero-order valence-electron chi connectivity index (χ0n) is 11.7. The van der Waals surface area contributed by atoms with Crippen molar-refractivity contribution in [3.05, 3.63) is 48.0 Å². The first-order valence-electron chi connectivity index (χ1n) is 6.87. The third-order valence-corrected chi connectivity index (χ3v) is 3.77. The van der Waals surface area contributed by atoms with Crippen molar-refractivity contribution >= 4 is 5.91 Å². The summed E-state index contributed by atoms with van der Waals surface area (Å²) in [5.74, 6) is 5.48. The van der Waals surface area contributed by atoms with Gasteiger partial charge in [0.25, 0.3) is 5.91 Å². The highest BCUT2D eigenvalue weighted by Gasteiger charge is 2.39. The summed E-state index contributed by atoms with van der Waals surface area (Å²) in [6.45, 7) is 2.17. The van der Waals surface area contributed by atoms with Gasteiger partial charge < -0.3 is 9.91 Å². The molecule has 1 N–H and O–H groups in total. The van der Waals surface area contributed by atoms with Crippen LogP contribution in [0.25, 0.3) is 0 Å². The summed E-state index contributed by atoms with van der Waals surface area (Å²) in [6.07, 6.45) is 4.25. The topological polar surface area (TPSA) is 35.6 Å². The molecule has 108 valence electrons. The van der Waals surface area contributed by atoms with Crippen LogP contribution in [0.4, 0.5) is 4.39 Å². The molecule has 2 unspecified atom stereocenters. The van der Waals surface area contributed by atoms with Gasteiger partial charge in [0.1, 0.15) is 11.9 Å². The number of nitrogens with zero attached hydrogens (tertiary/aromatic N) is 2. The van der Waals surface area contributed by atoms with Gasteiger partial charge in [-0.2, -0.15) is 0 Å². The zero-order chi connectivity index (χ0) is 14.8. The number of carbonyl (C=O) groups is 1. The van der Waals surface area contributed by atoms with Crippen LogP contribution >= 0.6 is 0 Å². The molecule has 1 fully saturated rings. The summed E-state index contributed by atoms with van der Waals surface area (Å²) < 4.78 is 13.0.